The third-order valence-electron chi connectivity index (χ3n) is 2.22. The molecule has 1 heterocycles. The summed E-state index contributed by atoms with van der Waals surface area (Å²) in [5.74, 6) is 1.42. The Morgan fingerprint density at radius 3 is 2.60 bits per heavy atom. The third kappa shape index (κ3) is 4.26. The van der Waals surface area contributed by atoms with Crippen LogP contribution in [0, 0.1) is 0 Å². The lowest BCUT2D eigenvalue weighted by Crippen LogP contribution is -2.28. The van der Waals surface area contributed by atoms with E-state index in [1.165, 1.54) is 18.0 Å². The summed E-state index contributed by atoms with van der Waals surface area (Å²) in [5.41, 5.74) is 0. The summed E-state index contributed by atoms with van der Waals surface area (Å²) < 4.78 is 4.35. The highest BCUT2D eigenvalue weighted by Gasteiger charge is 2.10. The Balaban J connectivity index is 2.42. The SMILES string of the molecule is CCCNC(C)Cc1nc(C(C)C)ns1. The quantitative estimate of drug-likeness (QED) is 0.811. The second-order valence-electron chi connectivity index (χ2n) is 4.26. The van der Waals surface area contributed by atoms with Crippen LogP contribution in [0.25, 0.3) is 0 Å². The summed E-state index contributed by atoms with van der Waals surface area (Å²) in [7, 11) is 0. The van der Waals surface area contributed by atoms with Crippen LogP contribution in [-0.4, -0.2) is 21.9 Å². The van der Waals surface area contributed by atoms with E-state index < -0.39 is 0 Å². The van der Waals surface area contributed by atoms with E-state index in [4.69, 9.17) is 0 Å². The minimum atomic E-state index is 0.439. The van der Waals surface area contributed by atoms with Crippen molar-refractivity contribution in [1.82, 2.24) is 14.7 Å². The van der Waals surface area contributed by atoms with Gasteiger partial charge in [0.1, 0.15) is 10.8 Å². The fraction of sp³-hybridized carbons (Fsp3) is 0.818. The highest BCUT2D eigenvalue weighted by Crippen LogP contribution is 2.14. The number of hydrogen-bond acceptors (Lipinski definition) is 4. The maximum absolute atomic E-state index is 4.53. The molecule has 1 aromatic heterocycles. The van der Waals surface area contributed by atoms with Gasteiger partial charge in [-0.25, -0.2) is 4.98 Å². The van der Waals surface area contributed by atoms with Crippen molar-refractivity contribution in [2.45, 2.75) is 52.5 Å². The van der Waals surface area contributed by atoms with Gasteiger partial charge in [0.05, 0.1) is 0 Å². The van der Waals surface area contributed by atoms with Gasteiger partial charge in [0.15, 0.2) is 0 Å². The van der Waals surface area contributed by atoms with Crippen LogP contribution in [0.15, 0.2) is 0 Å². The molecule has 0 spiro atoms. The van der Waals surface area contributed by atoms with Gasteiger partial charge in [-0.05, 0) is 31.4 Å². The van der Waals surface area contributed by atoms with Crippen molar-refractivity contribution < 1.29 is 0 Å². The normalized spacial score (nSPS) is 13.4. The first-order chi connectivity index (χ1) is 7.13. The molecule has 0 saturated heterocycles. The van der Waals surface area contributed by atoms with Gasteiger partial charge in [-0.3, -0.25) is 0 Å². The Labute approximate surface area is 96.5 Å². The second kappa shape index (κ2) is 6.18. The zero-order valence-electron chi connectivity index (χ0n) is 10.1. The molecule has 0 aliphatic carbocycles. The molecule has 4 heteroatoms. The topological polar surface area (TPSA) is 37.8 Å². The van der Waals surface area contributed by atoms with Crippen LogP contribution in [0.2, 0.25) is 0 Å². The highest BCUT2D eigenvalue weighted by atomic mass is 32.1. The number of nitrogens with one attached hydrogen (secondary N) is 1. The van der Waals surface area contributed by atoms with Gasteiger partial charge in [0.25, 0.3) is 0 Å². The first-order valence-electron chi connectivity index (χ1n) is 5.69. The number of hydrogen-bond donors (Lipinski definition) is 1. The minimum Gasteiger partial charge on any atom is -0.314 e. The summed E-state index contributed by atoms with van der Waals surface area (Å²) in [6, 6.07) is 0.498. The van der Waals surface area contributed by atoms with E-state index in [1.54, 1.807) is 0 Å². The smallest absolute Gasteiger partial charge is 0.145 e. The largest absolute Gasteiger partial charge is 0.314 e. The lowest BCUT2D eigenvalue weighted by Gasteiger charge is -2.10. The summed E-state index contributed by atoms with van der Waals surface area (Å²) >= 11 is 1.54. The monoisotopic (exact) mass is 227 g/mol. The molecule has 0 bridgehead atoms. The second-order valence-corrected chi connectivity index (χ2v) is 5.10. The molecular weight excluding hydrogens is 206 g/mol. The lowest BCUT2D eigenvalue weighted by atomic mass is 10.2. The molecule has 86 valence electrons. The number of aromatic nitrogens is 2. The summed E-state index contributed by atoms with van der Waals surface area (Å²) in [6.45, 7) is 9.72. The number of nitrogens with zero attached hydrogens (tertiary/aromatic N) is 2. The predicted octanol–water partition coefficient (Wildman–Crippen LogP) is 2.59. The first kappa shape index (κ1) is 12.6. The van der Waals surface area contributed by atoms with Gasteiger partial charge in [-0.1, -0.05) is 20.8 Å². The molecule has 15 heavy (non-hydrogen) atoms. The Kier molecular flexibility index (Phi) is 5.19. The first-order valence-corrected chi connectivity index (χ1v) is 6.46. The van der Waals surface area contributed by atoms with Crippen molar-refractivity contribution in [1.29, 1.82) is 0 Å². The minimum absolute atomic E-state index is 0.439. The van der Waals surface area contributed by atoms with Crippen molar-refractivity contribution in [3.05, 3.63) is 10.8 Å². The van der Waals surface area contributed by atoms with Gasteiger partial charge < -0.3 is 5.32 Å². The van der Waals surface area contributed by atoms with Crippen molar-refractivity contribution in [3.63, 3.8) is 0 Å². The molecule has 0 amide bonds. The molecule has 0 aliphatic heterocycles. The van der Waals surface area contributed by atoms with Crippen molar-refractivity contribution in [3.8, 4) is 0 Å². The fourth-order valence-electron chi connectivity index (χ4n) is 1.31. The molecule has 1 unspecified atom stereocenters. The average Bonchev–Trinajstić information content (AvgIpc) is 2.63. The molecule has 3 nitrogen and oxygen atoms in total. The molecule has 1 atom stereocenters. The maximum Gasteiger partial charge on any atom is 0.145 e. The molecule has 0 aromatic carbocycles. The third-order valence-corrected chi connectivity index (χ3v) is 2.97. The van der Waals surface area contributed by atoms with Gasteiger partial charge in [-0.15, -0.1) is 0 Å². The zero-order valence-corrected chi connectivity index (χ0v) is 10.9. The summed E-state index contributed by atoms with van der Waals surface area (Å²) in [6.07, 6.45) is 2.17. The molecular formula is C11H21N3S. The van der Waals surface area contributed by atoms with E-state index in [1.807, 2.05) is 0 Å². The molecule has 0 fully saturated rings. The van der Waals surface area contributed by atoms with Gasteiger partial charge in [0, 0.05) is 18.4 Å². The molecule has 1 rings (SSSR count). The van der Waals surface area contributed by atoms with E-state index in [0.29, 0.717) is 12.0 Å². The van der Waals surface area contributed by atoms with Crippen LogP contribution in [0.1, 0.15) is 50.9 Å². The van der Waals surface area contributed by atoms with E-state index >= 15 is 0 Å². The maximum atomic E-state index is 4.53. The fourth-order valence-corrected chi connectivity index (χ4v) is 2.22. The van der Waals surface area contributed by atoms with Crippen molar-refractivity contribution in [2.24, 2.45) is 0 Å². The standard InChI is InChI=1S/C11H21N3S/c1-5-6-12-9(4)7-10-13-11(8(2)3)14-15-10/h8-9,12H,5-7H2,1-4H3. The Morgan fingerprint density at radius 1 is 1.33 bits per heavy atom. The Hall–Kier alpha value is -0.480. The summed E-state index contributed by atoms with van der Waals surface area (Å²) in [5, 5.41) is 4.61. The van der Waals surface area contributed by atoms with E-state index in [0.717, 1.165) is 23.8 Å². The average molecular weight is 227 g/mol. The van der Waals surface area contributed by atoms with Crippen LogP contribution in [0.5, 0.6) is 0 Å². The Morgan fingerprint density at radius 2 is 2.07 bits per heavy atom. The lowest BCUT2D eigenvalue weighted by molar-refractivity contribution is 0.542. The molecule has 0 radical (unpaired) electrons. The van der Waals surface area contributed by atoms with Gasteiger partial charge in [0.2, 0.25) is 0 Å². The van der Waals surface area contributed by atoms with Gasteiger partial charge >= 0.3 is 0 Å². The molecule has 1 N–H and O–H groups in total. The number of rotatable bonds is 6. The highest BCUT2D eigenvalue weighted by molar-refractivity contribution is 7.05. The van der Waals surface area contributed by atoms with Crippen molar-refractivity contribution in [2.75, 3.05) is 6.54 Å². The van der Waals surface area contributed by atoms with Crippen molar-refractivity contribution >= 4 is 11.5 Å². The van der Waals surface area contributed by atoms with Crippen LogP contribution >= 0.6 is 11.5 Å². The molecule has 0 saturated carbocycles. The van der Waals surface area contributed by atoms with E-state index in [9.17, 15) is 0 Å². The zero-order chi connectivity index (χ0) is 11.3. The van der Waals surface area contributed by atoms with E-state index in [2.05, 4.69) is 42.4 Å². The van der Waals surface area contributed by atoms with Crippen LogP contribution in [0.3, 0.4) is 0 Å². The predicted molar refractivity (Wildman–Crippen MR) is 65.5 cm³/mol. The van der Waals surface area contributed by atoms with Gasteiger partial charge in [-0.2, -0.15) is 4.37 Å². The Bertz CT molecular complexity index is 283. The molecule has 1 aromatic rings. The molecule has 0 aliphatic rings. The van der Waals surface area contributed by atoms with Crippen LogP contribution in [-0.2, 0) is 6.42 Å². The van der Waals surface area contributed by atoms with E-state index in [-0.39, 0.29) is 0 Å². The summed E-state index contributed by atoms with van der Waals surface area (Å²) in [4.78, 5) is 4.53. The van der Waals surface area contributed by atoms with Crippen LogP contribution in [0.4, 0.5) is 0 Å². The van der Waals surface area contributed by atoms with Crippen LogP contribution < -0.4 is 5.32 Å².